The molecule has 0 aromatic rings. The van der Waals surface area contributed by atoms with Gasteiger partial charge in [-0.15, -0.1) is 0 Å². The minimum atomic E-state index is -0.819. The first-order valence-corrected chi connectivity index (χ1v) is 4.27. The average molecular weight is 170 g/mol. The fourth-order valence-corrected chi connectivity index (χ4v) is 2.07. The number of carbonyl (C=O) groups is 2. The molecule has 1 fully saturated rings. The van der Waals surface area contributed by atoms with Crippen LogP contribution in [0.2, 0.25) is 0 Å². The average Bonchev–Trinajstić information content (AvgIpc) is 2.30. The molecular weight excluding hydrogens is 156 g/mol. The molecule has 3 heteroatoms. The maximum Gasteiger partial charge on any atom is 0.307 e. The molecule has 3 atom stereocenters. The van der Waals surface area contributed by atoms with Crippen LogP contribution in [-0.2, 0) is 9.59 Å². The molecule has 0 amide bonds. The van der Waals surface area contributed by atoms with Gasteiger partial charge in [-0.2, -0.15) is 0 Å². The van der Waals surface area contributed by atoms with Crippen molar-refractivity contribution in [2.75, 3.05) is 0 Å². The van der Waals surface area contributed by atoms with Gasteiger partial charge < -0.3 is 5.11 Å². The van der Waals surface area contributed by atoms with Crippen LogP contribution in [0.25, 0.3) is 0 Å². The van der Waals surface area contributed by atoms with Crippen molar-refractivity contribution in [1.29, 1.82) is 0 Å². The van der Waals surface area contributed by atoms with E-state index >= 15 is 0 Å². The van der Waals surface area contributed by atoms with Crippen molar-refractivity contribution in [3.8, 4) is 0 Å². The summed E-state index contributed by atoms with van der Waals surface area (Å²) in [6, 6.07) is 0. The Hall–Kier alpha value is -0.860. The first-order chi connectivity index (χ1) is 5.54. The van der Waals surface area contributed by atoms with Crippen LogP contribution in [0, 0.1) is 17.8 Å². The Labute approximate surface area is 71.8 Å². The molecule has 0 aromatic carbocycles. The summed E-state index contributed by atoms with van der Waals surface area (Å²) in [5.41, 5.74) is 0. The Bertz CT molecular complexity index is 210. The molecule has 1 saturated carbocycles. The second-order valence-electron chi connectivity index (χ2n) is 3.64. The van der Waals surface area contributed by atoms with Crippen LogP contribution >= 0.6 is 0 Å². The van der Waals surface area contributed by atoms with E-state index in [1.165, 1.54) is 6.92 Å². The van der Waals surface area contributed by atoms with Crippen LogP contribution in [0.5, 0.6) is 0 Å². The van der Waals surface area contributed by atoms with E-state index in [0.717, 1.165) is 12.8 Å². The van der Waals surface area contributed by atoms with Gasteiger partial charge >= 0.3 is 5.97 Å². The van der Waals surface area contributed by atoms with Gasteiger partial charge in [0.15, 0.2) is 0 Å². The van der Waals surface area contributed by atoms with E-state index in [2.05, 4.69) is 0 Å². The number of ketones is 1. The molecule has 0 heterocycles. The number of rotatable bonds is 2. The molecule has 1 N–H and O–H groups in total. The maximum atomic E-state index is 11.0. The summed E-state index contributed by atoms with van der Waals surface area (Å²) in [6.45, 7) is 3.39. The third kappa shape index (κ3) is 1.49. The van der Waals surface area contributed by atoms with Gasteiger partial charge in [0.2, 0.25) is 0 Å². The SMILES string of the molecule is CC(=O)[C@H]1CC[C@H](C)[C@@H]1C(=O)O. The van der Waals surface area contributed by atoms with Crippen molar-refractivity contribution in [3.63, 3.8) is 0 Å². The number of carboxylic acids is 1. The van der Waals surface area contributed by atoms with Crippen molar-refractivity contribution in [3.05, 3.63) is 0 Å². The Morgan fingerprint density at radius 1 is 1.33 bits per heavy atom. The van der Waals surface area contributed by atoms with Crippen molar-refractivity contribution in [2.24, 2.45) is 17.8 Å². The minimum Gasteiger partial charge on any atom is -0.481 e. The van der Waals surface area contributed by atoms with Crippen molar-refractivity contribution in [2.45, 2.75) is 26.7 Å². The number of Topliss-reactive ketones (excluding diaryl/α,β-unsaturated/α-hetero) is 1. The summed E-state index contributed by atoms with van der Waals surface area (Å²) < 4.78 is 0. The third-order valence-corrected chi connectivity index (χ3v) is 2.79. The molecule has 0 bridgehead atoms. The fourth-order valence-electron chi connectivity index (χ4n) is 2.07. The maximum absolute atomic E-state index is 11.0. The number of hydrogen-bond donors (Lipinski definition) is 1. The van der Waals surface area contributed by atoms with E-state index in [9.17, 15) is 9.59 Å². The highest BCUT2D eigenvalue weighted by atomic mass is 16.4. The molecule has 1 rings (SSSR count). The van der Waals surface area contributed by atoms with Gasteiger partial charge in [0.05, 0.1) is 5.92 Å². The number of hydrogen-bond acceptors (Lipinski definition) is 2. The quantitative estimate of drug-likeness (QED) is 0.680. The van der Waals surface area contributed by atoms with Gasteiger partial charge in [0, 0.05) is 5.92 Å². The lowest BCUT2D eigenvalue weighted by Gasteiger charge is -2.15. The summed E-state index contributed by atoms with van der Waals surface area (Å²) in [7, 11) is 0. The topological polar surface area (TPSA) is 54.4 Å². The van der Waals surface area contributed by atoms with Gasteiger partial charge in [-0.05, 0) is 25.7 Å². The van der Waals surface area contributed by atoms with Crippen molar-refractivity contribution >= 4 is 11.8 Å². The van der Waals surface area contributed by atoms with Crippen LogP contribution in [0.1, 0.15) is 26.7 Å². The zero-order chi connectivity index (χ0) is 9.30. The molecule has 0 saturated heterocycles. The van der Waals surface area contributed by atoms with E-state index in [0.29, 0.717) is 0 Å². The van der Waals surface area contributed by atoms with Crippen LogP contribution < -0.4 is 0 Å². The Kier molecular flexibility index (Phi) is 2.50. The van der Waals surface area contributed by atoms with E-state index in [-0.39, 0.29) is 17.6 Å². The smallest absolute Gasteiger partial charge is 0.307 e. The second kappa shape index (κ2) is 3.25. The fraction of sp³-hybridized carbons (Fsp3) is 0.778. The molecule has 0 radical (unpaired) electrons. The predicted octanol–water partition coefficient (Wildman–Crippen LogP) is 1.32. The molecule has 0 unspecified atom stereocenters. The summed E-state index contributed by atoms with van der Waals surface area (Å²) >= 11 is 0. The van der Waals surface area contributed by atoms with Crippen LogP contribution in [0.3, 0.4) is 0 Å². The summed E-state index contributed by atoms with van der Waals surface area (Å²) in [5, 5.41) is 8.85. The summed E-state index contributed by atoms with van der Waals surface area (Å²) in [5.74, 6) is -1.33. The van der Waals surface area contributed by atoms with Crippen molar-refractivity contribution in [1.82, 2.24) is 0 Å². The zero-order valence-corrected chi connectivity index (χ0v) is 7.41. The number of carboxylic acid groups (broad SMARTS) is 1. The lowest BCUT2D eigenvalue weighted by atomic mass is 9.88. The van der Waals surface area contributed by atoms with Gasteiger partial charge in [-0.3, -0.25) is 9.59 Å². The molecule has 3 nitrogen and oxygen atoms in total. The number of aliphatic carboxylic acids is 1. The van der Waals surface area contributed by atoms with E-state index < -0.39 is 11.9 Å². The van der Waals surface area contributed by atoms with Crippen molar-refractivity contribution < 1.29 is 14.7 Å². The zero-order valence-electron chi connectivity index (χ0n) is 7.41. The highest BCUT2D eigenvalue weighted by Gasteiger charge is 2.40. The first-order valence-electron chi connectivity index (χ1n) is 4.27. The van der Waals surface area contributed by atoms with E-state index in [1.54, 1.807) is 0 Å². The highest BCUT2D eigenvalue weighted by molar-refractivity contribution is 5.85. The lowest BCUT2D eigenvalue weighted by Crippen LogP contribution is -2.27. The summed E-state index contributed by atoms with van der Waals surface area (Å²) in [6.07, 6.45) is 1.61. The third-order valence-electron chi connectivity index (χ3n) is 2.79. The van der Waals surface area contributed by atoms with Crippen LogP contribution in [0.15, 0.2) is 0 Å². The Balaban J connectivity index is 2.77. The normalized spacial score (nSPS) is 35.0. The molecular formula is C9H14O3. The monoisotopic (exact) mass is 170 g/mol. The number of carbonyl (C=O) groups excluding carboxylic acids is 1. The molecule has 68 valence electrons. The summed E-state index contributed by atoms with van der Waals surface area (Å²) in [4.78, 5) is 21.8. The standard InChI is InChI=1S/C9H14O3/c1-5-3-4-7(6(2)10)8(5)9(11)12/h5,7-8H,3-4H2,1-2H3,(H,11,12)/t5-,7+,8-/m0/s1. The van der Waals surface area contributed by atoms with Gasteiger partial charge in [0.1, 0.15) is 5.78 Å². The largest absolute Gasteiger partial charge is 0.481 e. The van der Waals surface area contributed by atoms with Gasteiger partial charge in [-0.25, -0.2) is 0 Å². The van der Waals surface area contributed by atoms with Crippen LogP contribution in [-0.4, -0.2) is 16.9 Å². The lowest BCUT2D eigenvalue weighted by molar-refractivity contribution is -0.146. The second-order valence-corrected chi connectivity index (χ2v) is 3.64. The van der Waals surface area contributed by atoms with E-state index in [4.69, 9.17) is 5.11 Å². The molecule has 0 aliphatic heterocycles. The van der Waals surface area contributed by atoms with Gasteiger partial charge in [-0.1, -0.05) is 6.92 Å². The molecule has 0 aromatic heterocycles. The van der Waals surface area contributed by atoms with E-state index in [1.807, 2.05) is 6.92 Å². The molecule has 12 heavy (non-hydrogen) atoms. The molecule has 0 spiro atoms. The Morgan fingerprint density at radius 2 is 1.92 bits per heavy atom. The highest BCUT2D eigenvalue weighted by Crippen LogP contribution is 2.37. The Morgan fingerprint density at radius 3 is 2.25 bits per heavy atom. The minimum absolute atomic E-state index is 0.0201. The molecule has 1 aliphatic carbocycles. The predicted molar refractivity (Wildman–Crippen MR) is 43.7 cm³/mol. The van der Waals surface area contributed by atoms with Gasteiger partial charge in [0.25, 0.3) is 0 Å². The first kappa shape index (κ1) is 9.23. The molecule has 1 aliphatic rings. The van der Waals surface area contributed by atoms with Crippen LogP contribution in [0.4, 0.5) is 0 Å².